The summed E-state index contributed by atoms with van der Waals surface area (Å²) >= 11 is 6.22. The highest BCUT2D eigenvalue weighted by molar-refractivity contribution is 6.20. The van der Waals surface area contributed by atoms with E-state index in [0.717, 1.165) is 62.6 Å². The zero-order chi connectivity index (χ0) is 24.8. The van der Waals surface area contributed by atoms with Crippen LogP contribution in [0.3, 0.4) is 0 Å². The molecule has 6 nitrogen and oxygen atoms in total. The molecule has 2 aliphatic carbocycles. The molecule has 2 amide bonds. The molecule has 0 radical (unpaired) electrons. The van der Waals surface area contributed by atoms with Crippen LogP contribution in [0.25, 0.3) is 0 Å². The molecule has 4 unspecified atom stereocenters. The van der Waals surface area contributed by atoms with Gasteiger partial charge in [-0.3, -0.25) is 14.5 Å². The number of carbonyl (C=O) groups is 2. The Morgan fingerprint density at radius 1 is 0.943 bits per heavy atom. The topological polar surface area (TPSA) is 64.1 Å². The maximum Gasteiger partial charge on any atom is 0.226 e. The molecule has 0 aromatic rings. The highest BCUT2D eigenvalue weighted by atomic mass is 35.5. The molecule has 2 saturated carbocycles. The first kappa shape index (κ1) is 27.2. The molecule has 35 heavy (non-hydrogen) atoms. The number of nitrogens with zero attached hydrogens (tertiary/aromatic N) is 3. The number of hydrogen-bond donors (Lipinski definition) is 1. The van der Waals surface area contributed by atoms with E-state index in [-0.39, 0.29) is 24.5 Å². The number of fused-ring (bicyclic) bond motifs is 1. The quantitative estimate of drug-likeness (QED) is 0.444. The van der Waals surface area contributed by atoms with Crippen molar-refractivity contribution in [3.63, 3.8) is 0 Å². The molecule has 0 aromatic heterocycles. The van der Waals surface area contributed by atoms with Crippen molar-refractivity contribution in [2.75, 3.05) is 32.8 Å². The Bertz CT molecular complexity index is 678. The summed E-state index contributed by atoms with van der Waals surface area (Å²) in [6, 6.07) is 1.79. The van der Waals surface area contributed by atoms with Crippen molar-refractivity contribution >= 4 is 23.9 Å². The lowest BCUT2D eigenvalue weighted by Crippen LogP contribution is -2.45. The van der Waals surface area contributed by atoms with E-state index < -0.39 is 0 Å². The Balaban J connectivity index is 0.000000165. The van der Waals surface area contributed by atoms with Crippen molar-refractivity contribution < 1.29 is 14.7 Å². The van der Waals surface area contributed by atoms with Gasteiger partial charge >= 0.3 is 0 Å². The maximum absolute atomic E-state index is 12.3. The maximum atomic E-state index is 12.3. The van der Waals surface area contributed by atoms with Gasteiger partial charge in [0, 0.05) is 49.6 Å². The van der Waals surface area contributed by atoms with Gasteiger partial charge in [0.05, 0.1) is 12.6 Å². The van der Waals surface area contributed by atoms with Crippen molar-refractivity contribution in [1.82, 2.24) is 14.7 Å². The normalized spacial score (nSPS) is 36.4. The number of aliphatic hydroxyl groups is 1. The van der Waals surface area contributed by atoms with E-state index in [1.54, 1.807) is 4.90 Å². The summed E-state index contributed by atoms with van der Waals surface area (Å²) < 4.78 is 0. The number of hydrogen-bond acceptors (Lipinski definition) is 4. The van der Waals surface area contributed by atoms with Crippen LogP contribution in [0.5, 0.6) is 0 Å². The summed E-state index contributed by atoms with van der Waals surface area (Å²) in [5.74, 6) is 2.17. The zero-order valence-electron chi connectivity index (χ0n) is 21.8. The molecule has 200 valence electrons. The number of likely N-dealkylation sites (tertiary alicyclic amines) is 3. The summed E-state index contributed by atoms with van der Waals surface area (Å²) in [6.07, 6.45) is 16.9. The first-order chi connectivity index (χ1) is 17.0. The first-order valence-electron chi connectivity index (χ1n) is 14.5. The molecule has 3 aliphatic heterocycles. The van der Waals surface area contributed by atoms with Crippen molar-refractivity contribution in [3.8, 4) is 0 Å². The minimum absolute atomic E-state index is 0.0200. The van der Waals surface area contributed by atoms with Crippen LogP contribution in [-0.4, -0.2) is 88.4 Å². The number of amides is 2. The number of rotatable bonds is 5. The fraction of sp³-hybridized carbons (Fsp3) is 0.929. The average Bonchev–Trinajstić information content (AvgIpc) is 3.49. The molecule has 1 N–H and O–H groups in total. The largest absolute Gasteiger partial charge is 0.394 e. The molecular formula is C28H48ClN3O3. The van der Waals surface area contributed by atoms with Gasteiger partial charge in [-0.15, -0.1) is 11.6 Å². The molecule has 7 heteroatoms. The van der Waals surface area contributed by atoms with E-state index in [1.165, 1.54) is 64.3 Å². The van der Waals surface area contributed by atoms with E-state index in [0.29, 0.717) is 18.5 Å². The molecule has 0 bridgehead atoms. The van der Waals surface area contributed by atoms with E-state index in [4.69, 9.17) is 11.6 Å². The van der Waals surface area contributed by atoms with E-state index >= 15 is 0 Å². The Labute approximate surface area is 217 Å². The van der Waals surface area contributed by atoms with Crippen molar-refractivity contribution in [3.05, 3.63) is 0 Å². The number of carbonyl (C=O) groups excluding carboxylic acids is 2. The van der Waals surface area contributed by atoms with Crippen LogP contribution >= 0.6 is 11.6 Å². The van der Waals surface area contributed by atoms with Gasteiger partial charge < -0.3 is 14.9 Å². The Kier molecular flexibility index (Phi) is 10.2. The van der Waals surface area contributed by atoms with Gasteiger partial charge in [-0.25, -0.2) is 0 Å². The lowest BCUT2D eigenvalue weighted by atomic mass is 9.84. The first-order valence-corrected chi connectivity index (χ1v) is 14.9. The summed E-state index contributed by atoms with van der Waals surface area (Å²) in [7, 11) is 0. The van der Waals surface area contributed by atoms with E-state index in [1.807, 2.05) is 4.90 Å². The molecule has 0 aromatic carbocycles. The van der Waals surface area contributed by atoms with Crippen molar-refractivity contribution in [1.29, 1.82) is 0 Å². The number of piperidine rings is 1. The second kappa shape index (κ2) is 13.1. The fourth-order valence-corrected chi connectivity index (χ4v) is 7.77. The molecule has 5 fully saturated rings. The Hall–Kier alpha value is -0.850. The third-order valence-corrected chi connectivity index (χ3v) is 10.1. The monoisotopic (exact) mass is 509 g/mol. The Morgan fingerprint density at radius 3 is 2.34 bits per heavy atom. The van der Waals surface area contributed by atoms with Crippen LogP contribution in [-0.2, 0) is 9.59 Å². The standard InChI is InChI=1S/C16H28ClN.C12H20N2O3/c1-12-10-14-4-2-3-5-16(14)18(12)11-13-6-8-15(17)9-7-13;15-8-11-2-1-5-14(11)12(17)10-3-6-13(9-16)7-4-10/h12-16H,2-11H2,1H3;9-11,15H,1-8H2. The number of alkyl halides is 1. The zero-order valence-corrected chi connectivity index (χ0v) is 22.6. The molecule has 3 heterocycles. The fourth-order valence-electron chi connectivity index (χ4n) is 7.52. The van der Waals surface area contributed by atoms with Crippen LogP contribution in [0.4, 0.5) is 0 Å². The Morgan fingerprint density at radius 2 is 1.66 bits per heavy atom. The summed E-state index contributed by atoms with van der Waals surface area (Å²) in [5, 5.41) is 9.69. The molecular weight excluding hydrogens is 462 g/mol. The van der Waals surface area contributed by atoms with Crippen molar-refractivity contribution in [2.24, 2.45) is 17.8 Å². The lowest BCUT2D eigenvalue weighted by Gasteiger charge is -2.37. The highest BCUT2D eigenvalue weighted by Gasteiger charge is 2.40. The van der Waals surface area contributed by atoms with Gasteiger partial charge in [0.1, 0.15) is 0 Å². The molecule has 4 atom stereocenters. The smallest absolute Gasteiger partial charge is 0.226 e. The number of aliphatic hydroxyl groups excluding tert-OH is 1. The summed E-state index contributed by atoms with van der Waals surface area (Å²) in [5.41, 5.74) is 0. The third kappa shape index (κ3) is 6.93. The SMILES string of the molecule is CC1CC2CCCCC2N1CC1CCC(Cl)CC1.O=CN1CCC(C(=O)N2CCCC2CO)CC1. The summed E-state index contributed by atoms with van der Waals surface area (Å²) in [6.45, 7) is 6.03. The predicted octanol–water partition coefficient (Wildman–Crippen LogP) is 4.28. The van der Waals surface area contributed by atoms with Gasteiger partial charge in [0.25, 0.3) is 0 Å². The van der Waals surface area contributed by atoms with Gasteiger partial charge in [0.2, 0.25) is 12.3 Å². The molecule has 3 saturated heterocycles. The molecule has 5 aliphatic rings. The lowest BCUT2D eigenvalue weighted by molar-refractivity contribution is -0.139. The van der Waals surface area contributed by atoms with E-state index in [9.17, 15) is 14.7 Å². The van der Waals surface area contributed by atoms with Gasteiger partial charge in [-0.1, -0.05) is 12.8 Å². The van der Waals surface area contributed by atoms with Crippen LogP contribution in [0, 0.1) is 17.8 Å². The van der Waals surface area contributed by atoms with E-state index in [2.05, 4.69) is 11.8 Å². The highest BCUT2D eigenvalue weighted by Crippen LogP contribution is 2.41. The van der Waals surface area contributed by atoms with Crippen molar-refractivity contribution in [2.45, 2.75) is 114 Å². The molecule has 5 rings (SSSR count). The van der Waals surface area contributed by atoms with Crippen LogP contribution < -0.4 is 0 Å². The van der Waals surface area contributed by atoms with Crippen LogP contribution in [0.1, 0.15) is 90.4 Å². The van der Waals surface area contributed by atoms with Gasteiger partial charge in [-0.05, 0) is 89.4 Å². The number of halogens is 1. The summed E-state index contributed by atoms with van der Waals surface area (Å²) in [4.78, 5) is 29.3. The van der Waals surface area contributed by atoms with Gasteiger partial charge in [0.15, 0.2) is 0 Å². The van der Waals surface area contributed by atoms with Gasteiger partial charge in [-0.2, -0.15) is 0 Å². The predicted molar refractivity (Wildman–Crippen MR) is 140 cm³/mol. The molecule has 0 spiro atoms. The second-order valence-electron chi connectivity index (χ2n) is 11.9. The third-order valence-electron chi connectivity index (χ3n) is 9.65. The average molecular weight is 510 g/mol. The minimum Gasteiger partial charge on any atom is -0.394 e. The second-order valence-corrected chi connectivity index (χ2v) is 12.6. The van der Waals surface area contributed by atoms with Crippen LogP contribution in [0.15, 0.2) is 0 Å². The minimum atomic E-state index is 0.0200. The van der Waals surface area contributed by atoms with Crippen LogP contribution in [0.2, 0.25) is 0 Å².